The highest BCUT2D eigenvalue weighted by Gasteiger charge is 2.27. The van der Waals surface area contributed by atoms with Gasteiger partial charge in [0.15, 0.2) is 0 Å². The molecule has 0 saturated heterocycles. The number of benzene rings is 1. The van der Waals surface area contributed by atoms with Crippen molar-refractivity contribution in [2.45, 2.75) is 20.8 Å². The van der Waals surface area contributed by atoms with Crippen LogP contribution in [0.1, 0.15) is 49.8 Å². The van der Waals surface area contributed by atoms with Crippen LogP contribution in [0.15, 0.2) is 24.3 Å². The molecule has 1 N–H and O–H groups in total. The predicted octanol–water partition coefficient (Wildman–Crippen LogP) is 3.80. The van der Waals surface area contributed by atoms with Crippen LogP contribution < -0.4 is 5.32 Å². The van der Waals surface area contributed by atoms with Crippen molar-refractivity contribution in [3.63, 3.8) is 0 Å². The Kier molecular flexibility index (Phi) is 6.46. The number of rotatable bonds is 6. The third-order valence-corrected chi connectivity index (χ3v) is 4.59. The van der Waals surface area contributed by atoms with Gasteiger partial charge >= 0.3 is 11.9 Å². The summed E-state index contributed by atoms with van der Waals surface area (Å²) in [4.78, 5) is 36.9. The molecule has 8 heteroatoms. The van der Waals surface area contributed by atoms with Crippen LogP contribution in [-0.2, 0) is 9.47 Å². The standard InChI is InChI=1S/C18H18FNO5S/c1-4-24-17(22)13-10(3)14(18(23)25-5-2)26-16(13)20-15(21)11-7-6-8-12(19)9-11/h6-9H,4-5H2,1-3H3,(H,20,21). The number of nitrogens with one attached hydrogen (secondary N) is 1. The lowest BCUT2D eigenvalue weighted by atomic mass is 10.1. The maximum Gasteiger partial charge on any atom is 0.348 e. The van der Waals surface area contributed by atoms with Gasteiger partial charge in [0.05, 0.1) is 18.8 Å². The van der Waals surface area contributed by atoms with Crippen molar-refractivity contribution < 1.29 is 28.2 Å². The van der Waals surface area contributed by atoms with E-state index in [9.17, 15) is 18.8 Å². The molecule has 0 bridgehead atoms. The Morgan fingerprint density at radius 3 is 2.38 bits per heavy atom. The third-order valence-electron chi connectivity index (χ3n) is 3.40. The number of hydrogen-bond acceptors (Lipinski definition) is 6. The van der Waals surface area contributed by atoms with Gasteiger partial charge < -0.3 is 14.8 Å². The summed E-state index contributed by atoms with van der Waals surface area (Å²) in [6, 6.07) is 5.14. The molecular weight excluding hydrogens is 361 g/mol. The molecule has 0 aliphatic heterocycles. The molecule has 0 unspecified atom stereocenters. The zero-order valence-corrected chi connectivity index (χ0v) is 15.4. The van der Waals surface area contributed by atoms with Crippen molar-refractivity contribution in [3.8, 4) is 0 Å². The van der Waals surface area contributed by atoms with Crippen molar-refractivity contribution in [2.75, 3.05) is 18.5 Å². The molecule has 1 aromatic heterocycles. The Hall–Kier alpha value is -2.74. The Morgan fingerprint density at radius 1 is 1.12 bits per heavy atom. The maximum absolute atomic E-state index is 13.3. The molecule has 6 nitrogen and oxygen atoms in total. The smallest absolute Gasteiger partial charge is 0.348 e. The van der Waals surface area contributed by atoms with E-state index in [-0.39, 0.29) is 34.2 Å². The van der Waals surface area contributed by atoms with Crippen molar-refractivity contribution in [3.05, 3.63) is 51.7 Å². The third kappa shape index (κ3) is 4.26. The van der Waals surface area contributed by atoms with Gasteiger partial charge in [0.2, 0.25) is 0 Å². The van der Waals surface area contributed by atoms with Crippen LogP contribution in [0.2, 0.25) is 0 Å². The lowest BCUT2D eigenvalue weighted by molar-refractivity contribution is 0.0527. The van der Waals surface area contributed by atoms with Gasteiger partial charge in [-0.15, -0.1) is 11.3 Å². The topological polar surface area (TPSA) is 81.7 Å². The molecule has 1 amide bonds. The first-order valence-corrected chi connectivity index (χ1v) is 8.75. The van der Waals surface area contributed by atoms with Crippen molar-refractivity contribution in [1.82, 2.24) is 0 Å². The number of hydrogen-bond donors (Lipinski definition) is 1. The molecule has 1 aromatic carbocycles. The van der Waals surface area contributed by atoms with Crippen LogP contribution in [0.4, 0.5) is 9.39 Å². The van der Waals surface area contributed by atoms with Gasteiger partial charge in [-0.25, -0.2) is 14.0 Å². The van der Waals surface area contributed by atoms with E-state index < -0.39 is 23.7 Å². The van der Waals surface area contributed by atoms with E-state index in [0.29, 0.717) is 5.56 Å². The Bertz CT molecular complexity index is 846. The minimum Gasteiger partial charge on any atom is -0.462 e. The molecule has 0 saturated carbocycles. The highest BCUT2D eigenvalue weighted by Crippen LogP contribution is 2.34. The van der Waals surface area contributed by atoms with Crippen LogP contribution >= 0.6 is 11.3 Å². The Morgan fingerprint density at radius 2 is 1.77 bits per heavy atom. The molecule has 0 spiro atoms. The number of anilines is 1. The zero-order valence-electron chi connectivity index (χ0n) is 14.6. The van der Waals surface area contributed by atoms with Crippen molar-refractivity contribution >= 4 is 34.2 Å². The van der Waals surface area contributed by atoms with Gasteiger partial charge in [-0.2, -0.15) is 0 Å². The largest absolute Gasteiger partial charge is 0.462 e. The number of amides is 1. The fourth-order valence-electron chi connectivity index (χ4n) is 2.25. The molecule has 0 fully saturated rings. The van der Waals surface area contributed by atoms with E-state index >= 15 is 0 Å². The van der Waals surface area contributed by atoms with Crippen LogP contribution in [0, 0.1) is 12.7 Å². The van der Waals surface area contributed by atoms with E-state index in [4.69, 9.17) is 9.47 Å². The number of esters is 2. The number of halogens is 1. The van der Waals surface area contributed by atoms with E-state index in [1.54, 1.807) is 20.8 Å². The quantitative estimate of drug-likeness (QED) is 0.772. The summed E-state index contributed by atoms with van der Waals surface area (Å²) in [5.41, 5.74) is 0.537. The Balaban J connectivity index is 2.42. The molecule has 2 rings (SSSR count). The predicted molar refractivity (Wildman–Crippen MR) is 95.3 cm³/mol. The summed E-state index contributed by atoms with van der Waals surface area (Å²) in [6.45, 7) is 5.21. The first-order valence-electron chi connectivity index (χ1n) is 7.93. The lowest BCUT2D eigenvalue weighted by Crippen LogP contribution is -2.15. The number of thiophene rings is 1. The van der Waals surface area contributed by atoms with Crippen LogP contribution in [0.25, 0.3) is 0 Å². The van der Waals surface area contributed by atoms with Gasteiger partial charge in [0.1, 0.15) is 15.7 Å². The average Bonchev–Trinajstić information content (AvgIpc) is 2.91. The average molecular weight is 379 g/mol. The van der Waals surface area contributed by atoms with Gasteiger partial charge in [0.25, 0.3) is 5.91 Å². The van der Waals surface area contributed by atoms with E-state index in [2.05, 4.69) is 5.32 Å². The normalized spacial score (nSPS) is 10.3. The zero-order chi connectivity index (χ0) is 19.3. The summed E-state index contributed by atoms with van der Waals surface area (Å²) in [5.74, 6) is -2.41. The highest BCUT2D eigenvalue weighted by atomic mass is 32.1. The van der Waals surface area contributed by atoms with E-state index in [1.807, 2.05) is 0 Å². The van der Waals surface area contributed by atoms with E-state index in [1.165, 1.54) is 18.2 Å². The van der Waals surface area contributed by atoms with Crippen molar-refractivity contribution in [1.29, 1.82) is 0 Å². The molecule has 2 aromatic rings. The van der Waals surface area contributed by atoms with Crippen LogP contribution in [0.5, 0.6) is 0 Å². The van der Waals surface area contributed by atoms with Gasteiger partial charge in [-0.3, -0.25) is 4.79 Å². The van der Waals surface area contributed by atoms with Crippen LogP contribution in [0.3, 0.4) is 0 Å². The molecule has 26 heavy (non-hydrogen) atoms. The molecule has 138 valence electrons. The first kappa shape index (κ1) is 19.6. The van der Waals surface area contributed by atoms with Gasteiger partial charge in [-0.05, 0) is 44.5 Å². The summed E-state index contributed by atoms with van der Waals surface area (Å²) in [5, 5.41) is 2.71. The number of carbonyl (C=O) groups is 3. The SMILES string of the molecule is CCOC(=O)c1sc(NC(=O)c2cccc(F)c2)c(C(=O)OCC)c1C. The minimum atomic E-state index is -0.661. The number of carbonyl (C=O) groups excluding carboxylic acids is 3. The van der Waals surface area contributed by atoms with Gasteiger partial charge in [0, 0.05) is 5.56 Å². The Labute approximate surface area is 153 Å². The van der Waals surface area contributed by atoms with E-state index in [0.717, 1.165) is 17.4 Å². The van der Waals surface area contributed by atoms with Crippen molar-refractivity contribution in [2.24, 2.45) is 0 Å². The second-order valence-corrected chi connectivity index (χ2v) is 6.19. The summed E-state index contributed by atoms with van der Waals surface area (Å²) < 4.78 is 23.3. The molecule has 0 radical (unpaired) electrons. The number of ether oxygens (including phenoxy) is 2. The summed E-state index contributed by atoms with van der Waals surface area (Å²) >= 11 is 0.914. The first-order chi connectivity index (χ1) is 12.4. The molecular formula is C18H18FNO5S. The molecule has 1 heterocycles. The lowest BCUT2D eigenvalue weighted by Gasteiger charge is -2.07. The highest BCUT2D eigenvalue weighted by molar-refractivity contribution is 7.18. The second-order valence-electron chi connectivity index (χ2n) is 5.17. The van der Waals surface area contributed by atoms with Crippen LogP contribution in [-0.4, -0.2) is 31.1 Å². The summed E-state index contributed by atoms with van der Waals surface area (Å²) in [6.07, 6.45) is 0. The monoisotopic (exact) mass is 379 g/mol. The fourth-order valence-corrected chi connectivity index (χ4v) is 3.33. The fraction of sp³-hybridized carbons (Fsp3) is 0.278. The second kappa shape index (κ2) is 8.57. The minimum absolute atomic E-state index is 0.0866. The summed E-state index contributed by atoms with van der Waals surface area (Å²) in [7, 11) is 0. The maximum atomic E-state index is 13.3. The molecule has 0 aliphatic carbocycles. The van der Waals surface area contributed by atoms with Gasteiger partial charge in [-0.1, -0.05) is 6.07 Å². The molecule has 0 aliphatic rings. The molecule has 0 atom stereocenters.